The molecule has 0 aliphatic rings. The fourth-order valence-electron chi connectivity index (χ4n) is 1.65. The van der Waals surface area contributed by atoms with Crippen LogP contribution in [-0.4, -0.2) is 17.0 Å². The number of nitro groups is 1. The fourth-order valence-corrected chi connectivity index (χ4v) is 2.33. The average molecular weight is 373 g/mol. The number of hydrogen-bond acceptors (Lipinski definition) is 4. The average Bonchev–Trinajstić information content (AvgIpc) is 2.50. The molecular weight excluding hydrogens is 365 g/mol. The van der Waals surface area contributed by atoms with Crippen molar-refractivity contribution in [2.75, 3.05) is 0 Å². The maximum atomic E-state index is 11.9. The fraction of sp³-hybridized carbons (Fsp3) is 0. The lowest BCUT2D eigenvalue weighted by atomic mass is 10.2. The molecule has 0 aliphatic carbocycles. The SMILES string of the molecule is O=C(N/N=C/c1c(Cl)cccc1Cl)c1ccc(Cl)c([N+](=O)[O-])c1. The zero-order valence-electron chi connectivity index (χ0n) is 11.3. The minimum atomic E-state index is -0.675. The van der Waals surface area contributed by atoms with Gasteiger partial charge in [-0.1, -0.05) is 40.9 Å². The highest BCUT2D eigenvalue weighted by Crippen LogP contribution is 2.25. The Morgan fingerprint density at radius 1 is 1.13 bits per heavy atom. The summed E-state index contributed by atoms with van der Waals surface area (Å²) in [5, 5.41) is 15.2. The van der Waals surface area contributed by atoms with Gasteiger partial charge in [0.1, 0.15) is 5.02 Å². The van der Waals surface area contributed by atoms with Crippen LogP contribution >= 0.6 is 34.8 Å². The molecule has 1 amide bonds. The Labute approximate surface area is 145 Å². The van der Waals surface area contributed by atoms with Crippen molar-refractivity contribution in [2.24, 2.45) is 5.10 Å². The number of hydrogen-bond donors (Lipinski definition) is 1. The summed E-state index contributed by atoms with van der Waals surface area (Å²) in [6.07, 6.45) is 1.28. The van der Waals surface area contributed by atoms with Gasteiger partial charge in [-0.2, -0.15) is 5.10 Å². The van der Waals surface area contributed by atoms with Crippen LogP contribution in [0.1, 0.15) is 15.9 Å². The molecule has 0 aliphatic heterocycles. The van der Waals surface area contributed by atoms with Crippen LogP contribution in [0.25, 0.3) is 0 Å². The molecule has 6 nitrogen and oxygen atoms in total. The van der Waals surface area contributed by atoms with Gasteiger partial charge in [0.15, 0.2) is 0 Å². The van der Waals surface area contributed by atoms with Crippen LogP contribution in [-0.2, 0) is 0 Å². The van der Waals surface area contributed by atoms with E-state index in [2.05, 4.69) is 10.5 Å². The van der Waals surface area contributed by atoms with Gasteiger partial charge in [0.05, 0.1) is 21.2 Å². The summed E-state index contributed by atoms with van der Waals surface area (Å²) in [6.45, 7) is 0. The Balaban J connectivity index is 2.15. The largest absolute Gasteiger partial charge is 0.288 e. The number of halogens is 3. The third-order valence-corrected chi connectivity index (χ3v) is 3.74. The molecule has 2 rings (SSSR count). The number of carbonyl (C=O) groups excluding carboxylic acids is 1. The summed E-state index contributed by atoms with van der Waals surface area (Å²) in [7, 11) is 0. The number of nitrogens with one attached hydrogen (secondary N) is 1. The lowest BCUT2D eigenvalue weighted by Crippen LogP contribution is -2.17. The third kappa shape index (κ3) is 4.19. The minimum Gasteiger partial charge on any atom is -0.267 e. The number of rotatable bonds is 4. The van der Waals surface area contributed by atoms with Gasteiger partial charge in [0.25, 0.3) is 11.6 Å². The molecule has 23 heavy (non-hydrogen) atoms. The van der Waals surface area contributed by atoms with Crippen molar-refractivity contribution in [3.8, 4) is 0 Å². The van der Waals surface area contributed by atoms with E-state index in [4.69, 9.17) is 34.8 Å². The van der Waals surface area contributed by atoms with E-state index < -0.39 is 10.8 Å². The van der Waals surface area contributed by atoms with Gasteiger partial charge in [-0.15, -0.1) is 0 Å². The summed E-state index contributed by atoms with van der Waals surface area (Å²) in [4.78, 5) is 22.1. The maximum Gasteiger partial charge on any atom is 0.288 e. The summed E-state index contributed by atoms with van der Waals surface area (Å²) < 4.78 is 0. The Kier molecular flexibility index (Phi) is 5.54. The van der Waals surface area contributed by atoms with Crippen LogP contribution in [0.2, 0.25) is 15.1 Å². The number of benzene rings is 2. The van der Waals surface area contributed by atoms with Crippen molar-refractivity contribution in [3.05, 3.63) is 72.7 Å². The van der Waals surface area contributed by atoms with E-state index in [0.29, 0.717) is 15.6 Å². The molecule has 1 N–H and O–H groups in total. The molecule has 2 aromatic carbocycles. The van der Waals surface area contributed by atoms with Gasteiger partial charge in [-0.25, -0.2) is 5.43 Å². The van der Waals surface area contributed by atoms with Crippen LogP contribution in [0, 0.1) is 10.1 Å². The van der Waals surface area contributed by atoms with E-state index in [1.165, 1.54) is 18.3 Å². The highest BCUT2D eigenvalue weighted by atomic mass is 35.5. The smallest absolute Gasteiger partial charge is 0.267 e. The van der Waals surface area contributed by atoms with Gasteiger partial charge < -0.3 is 0 Å². The van der Waals surface area contributed by atoms with Crippen molar-refractivity contribution in [2.45, 2.75) is 0 Å². The van der Waals surface area contributed by atoms with E-state index in [1.54, 1.807) is 18.2 Å². The summed E-state index contributed by atoms with van der Waals surface area (Å²) in [5.74, 6) is -0.635. The molecular formula is C14H8Cl3N3O3. The van der Waals surface area contributed by atoms with Crippen molar-refractivity contribution in [3.63, 3.8) is 0 Å². The first-order valence-electron chi connectivity index (χ1n) is 6.11. The van der Waals surface area contributed by atoms with E-state index in [9.17, 15) is 14.9 Å². The molecule has 0 spiro atoms. The Morgan fingerprint density at radius 3 is 2.39 bits per heavy atom. The maximum absolute atomic E-state index is 11.9. The third-order valence-electron chi connectivity index (χ3n) is 2.76. The standard InChI is InChI=1S/C14H8Cl3N3O3/c15-10-2-1-3-11(16)9(10)7-18-19-14(21)8-4-5-12(17)13(6-8)20(22)23/h1-7H,(H,19,21)/b18-7+. The molecule has 0 fully saturated rings. The summed E-state index contributed by atoms with van der Waals surface area (Å²) in [5.41, 5.74) is 2.36. The molecule has 9 heteroatoms. The van der Waals surface area contributed by atoms with Crippen molar-refractivity contribution >= 4 is 52.6 Å². The number of nitro benzene ring substituents is 1. The lowest BCUT2D eigenvalue weighted by Gasteiger charge is -2.02. The quantitative estimate of drug-likeness (QED) is 0.493. The van der Waals surface area contributed by atoms with Crippen LogP contribution in [0.4, 0.5) is 5.69 Å². The normalized spacial score (nSPS) is 10.7. The van der Waals surface area contributed by atoms with Gasteiger partial charge in [-0.3, -0.25) is 14.9 Å². The van der Waals surface area contributed by atoms with Gasteiger partial charge >= 0.3 is 0 Å². The van der Waals surface area contributed by atoms with Crippen LogP contribution in [0.3, 0.4) is 0 Å². The zero-order chi connectivity index (χ0) is 17.0. The van der Waals surface area contributed by atoms with E-state index in [-0.39, 0.29) is 16.3 Å². The summed E-state index contributed by atoms with van der Waals surface area (Å²) in [6, 6.07) is 8.60. The number of carbonyl (C=O) groups is 1. The minimum absolute atomic E-state index is 0.0449. The van der Waals surface area contributed by atoms with Crippen LogP contribution < -0.4 is 5.43 Å². The highest BCUT2D eigenvalue weighted by molar-refractivity contribution is 6.38. The number of amides is 1. The second-order valence-corrected chi connectivity index (χ2v) is 5.48. The number of hydrazone groups is 1. The Bertz CT molecular complexity index is 789. The lowest BCUT2D eigenvalue weighted by molar-refractivity contribution is -0.384. The molecule has 0 heterocycles. The summed E-state index contributed by atoms with van der Waals surface area (Å²) >= 11 is 17.6. The Hall–Kier alpha value is -2.15. The van der Waals surface area contributed by atoms with Crippen molar-refractivity contribution < 1.29 is 9.72 Å². The second-order valence-electron chi connectivity index (χ2n) is 4.26. The van der Waals surface area contributed by atoms with Crippen molar-refractivity contribution in [1.29, 1.82) is 0 Å². The first-order valence-corrected chi connectivity index (χ1v) is 7.25. The predicted molar refractivity (Wildman–Crippen MR) is 89.6 cm³/mol. The molecule has 0 saturated carbocycles. The Morgan fingerprint density at radius 2 is 1.78 bits per heavy atom. The topological polar surface area (TPSA) is 84.6 Å². The molecule has 118 valence electrons. The molecule has 0 saturated heterocycles. The van der Waals surface area contributed by atoms with Crippen LogP contribution in [0.5, 0.6) is 0 Å². The van der Waals surface area contributed by atoms with Gasteiger partial charge in [0, 0.05) is 17.2 Å². The highest BCUT2D eigenvalue weighted by Gasteiger charge is 2.16. The monoisotopic (exact) mass is 371 g/mol. The van der Waals surface area contributed by atoms with Crippen molar-refractivity contribution in [1.82, 2.24) is 5.43 Å². The number of nitrogens with zero attached hydrogens (tertiary/aromatic N) is 2. The molecule has 0 bridgehead atoms. The molecule has 0 unspecified atom stereocenters. The molecule has 0 radical (unpaired) electrons. The predicted octanol–water partition coefficient (Wildman–Crippen LogP) is 4.32. The van der Waals surface area contributed by atoms with E-state index in [0.717, 1.165) is 6.07 Å². The first-order chi connectivity index (χ1) is 10.9. The zero-order valence-corrected chi connectivity index (χ0v) is 13.6. The van der Waals surface area contributed by atoms with E-state index in [1.807, 2.05) is 0 Å². The van der Waals surface area contributed by atoms with Gasteiger partial charge in [0.2, 0.25) is 0 Å². The van der Waals surface area contributed by atoms with E-state index >= 15 is 0 Å². The first kappa shape index (κ1) is 17.2. The molecule has 0 aromatic heterocycles. The van der Waals surface area contributed by atoms with Gasteiger partial charge in [-0.05, 0) is 24.3 Å². The molecule has 0 atom stereocenters. The van der Waals surface area contributed by atoms with Crippen LogP contribution in [0.15, 0.2) is 41.5 Å². The molecule has 2 aromatic rings. The second kappa shape index (κ2) is 7.41.